The van der Waals surface area contributed by atoms with Crippen molar-refractivity contribution in [1.82, 2.24) is 0 Å². The average molecular weight is 227 g/mol. The molecular weight excluding hydrogens is 210 g/mol. The van der Waals surface area contributed by atoms with Gasteiger partial charge in [-0.3, -0.25) is 0 Å². The van der Waals surface area contributed by atoms with Gasteiger partial charge in [0, 0.05) is 0 Å². The molecule has 88 valence electrons. The van der Waals surface area contributed by atoms with Gasteiger partial charge in [-0.25, -0.2) is 10.2 Å². The summed E-state index contributed by atoms with van der Waals surface area (Å²) in [6.07, 6.45) is 8.55. The molecule has 2 rings (SSSR count). The smallest absolute Gasteiger partial charge is 0.222 e. The molecule has 0 heterocycles. The van der Waals surface area contributed by atoms with Crippen LogP contribution < -0.4 is 0 Å². The zero-order valence-corrected chi connectivity index (χ0v) is 10.2. The van der Waals surface area contributed by atoms with Gasteiger partial charge in [-0.05, 0) is 23.0 Å². The molecule has 0 aliphatic heterocycles. The van der Waals surface area contributed by atoms with Gasteiger partial charge in [-0.2, -0.15) is 0 Å². The predicted molar refractivity (Wildman–Crippen MR) is 70.4 cm³/mol. The Morgan fingerprint density at radius 1 is 1.24 bits per heavy atom. The molecule has 2 heteroatoms. The van der Waals surface area contributed by atoms with Gasteiger partial charge in [0.15, 0.2) is 0 Å². The second-order valence-electron chi connectivity index (χ2n) is 4.68. The highest BCUT2D eigenvalue weighted by molar-refractivity contribution is 5.69. The fourth-order valence-corrected chi connectivity index (χ4v) is 1.88. The van der Waals surface area contributed by atoms with Crippen LogP contribution in [-0.2, 0) is 4.79 Å². The van der Waals surface area contributed by atoms with Gasteiger partial charge in [0.2, 0.25) is 6.08 Å². The summed E-state index contributed by atoms with van der Waals surface area (Å²) in [4.78, 5) is 8.35. The number of rotatable bonds is 1. The molecule has 0 radical (unpaired) electrons. The lowest BCUT2D eigenvalue weighted by Gasteiger charge is -2.25. The fraction of sp³-hybridized carbons (Fsp3) is 0.267. The van der Waals surface area contributed by atoms with Crippen molar-refractivity contribution in [2.45, 2.75) is 20.3 Å². The van der Waals surface area contributed by atoms with Gasteiger partial charge in [0.25, 0.3) is 0 Å². The molecule has 0 saturated heterocycles. The summed E-state index contributed by atoms with van der Waals surface area (Å²) in [5, 5.41) is 5.40. The maximum Gasteiger partial charge on any atom is 0.231 e. The lowest BCUT2D eigenvalue weighted by molar-refractivity contribution is 0.492. The van der Waals surface area contributed by atoms with Crippen molar-refractivity contribution >= 4 is 11.7 Å². The molecule has 0 amide bonds. The fourth-order valence-electron chi connectivity index (χ4n) is 1.88. The van der Waals surface area contributed by atoms with Gasteiger partial charge in [-0.15, -0.1) is 0 Å². The number of isocyanates is 1. The van der Waals surface area contributed by atoms with Crippen LogP contribution in [0.3, 0.4) is 0 Å². The third-order valence-electron chi connectivity index (χ3n) is 2.64. The minimum absolute atomic E-state index is 0.305. The van der Waals surface area contributed by atoms with Crippen LogP contribution in [0.5, 0.6) is 0 Å². The highest BCUT2D eigenvalue weighted by Gasteiger charge is 2.19. The molecule has 0 atom stereocenters. The van der Waals surface area contributed by atoms with Crippen molar-refractivity contribution in [3.63, 3.8) is 0 Å². The minimum Gasteiger partial charge on any atom is -0.222 e. The molecule has 0 aromatic heterocycles. The summed E-state index contributed by atoms with van der Waals surface area (Å²) in [5.41, 5.74) is 3.10. The number of benzene rings is 1. The van der Waals surface area contributed by atoms with Crippen LogP contribution in [0.15, 0.2) is 48.6 Å². The van der Waals surface area contributed by atoms with E-state index in [9.17, 15) is 0 Å². The monoisotopic (exact) mass is 227 g/mol. The first-order chi connectivity index (χ1) is 8.09. The number of allylic oxidation sites excluding steroid dienone is 4. The van der Waals surface area contributed by atoms with E-state index in [0.29, 0.717) is 5.41 Å². The molecule has 2 nitrogen and oxygen atoms in total. The largest absolute Gasteiger partial charge is 0.231 e. The van der Waals surface area contributed by atoms with Gasteiger partial charge in [0.05, 0.1) is 0 Å². The summed E-state index contributed by atoms with van der Waals surface area (Å²) in [6, 6.07) is 10.6. The molecule has 0 saturated carbocycles. The number of nitrogens with one attached hydrogen (secondary N) is 1. The van der Waals surface area contributed by atoms with Crippen molar-refractivity contribution in [1.29, 1.82) is 5.41 Å². The molecule has 0 spiro atoms. The normalized spacial score (nSPS) is 16.2. The molecule has 1 aromatic rings. The third-order valence-corrected chi connectivity index (χ3v) is 2.64. The van der Waals surface area contributed by atoms with Crippen LogP contribution in [0, 0.1) is 10.8 Å². The first kappa shape index (κ1) is 13.1. The SMILES string of the molecule is CC1(C)C=CC=C(c2ccccc2)C1.N=C=O. The summed E-state index contributed by atoms with van der Waals surface area (Å²) in [6.45, 7) is 4.55. The maximum absolute atomic E-state index is 8.35. The zero-order chi connectivity index (χ0) is 12.7. The standard InChI is InChI=1S/C14H16.CHNO/c1-14(2)10-6-9-13(11-14)12-7-4-3-5-8-12;2-1-3/h3-10H,11H2,1-2H3;2H. The third kappa shape index (κ3) is 4.21. The van der Waals surface area contributed by atoms with E-state index in [-0.39, 0.29) is 0 Å². The Labute approximate surface area is 102 Å². The molecular formula is C15H17NO. The van der Waals surface area contributed by atoms with E-state index >= 15 is 0 Å². The second-order valence-corrected chi connectivity index (χ2v) is 4.68. The van der Waals surface area contributed by atoms with Crippen molar-refractivity contribution in [3.05, 3.63) is 54.1 Å². The topological polar surface area (TPSA) is 40.9 Å². The predicted octanol–water partition coefficient (Wildman–Crippen LogP) is 3.96. The summed E-state index contributed by atoms with van der Waals surface area (Å²) in [5.74, 6) is 0. The van der Waals surface area contributed by atoms with E-state index in [4.69, 9.17) is 10.2 Å². The Morgan fingerprint density at radius 2 is 1.82 bits per heavy atom. The molecule has 0 unspecified atom stereocenters. The Kier molecular flexibility index (Phi) is 4.62. The van der Waals surface area contributed by atoms with Crippen molar-refractivity contribution < 1.29 is 4.79 Å². The zero-order valence-electron chi connectivity index (χ0n) is 10.2. The summed E-state index contributed by atoms with van der Waals surface area (Å²) >= 11 is 0. The van der Waals surface area contributed by atoms with E-state index < -0.39 is 0 Å². The summed E-state index contributed by atoms with van der Waals surface area (Å²) in [7, 11) is 0. The number of hydrogen-bond acceptors (Lipinski definition) is 2. The highest BCUT2D eigenvalue weighted by Crippen LogP contribution is 2.35. The number of hydrogen-bond donors (Lipinski definition) is 1. The van der Waals surface area contributed by atoms with Crippen molar-refractivity contribution in [2.24, 2.45) is 5.41 Å². The van der Waals surface area contributed by atoms with Crippen LogP contribution in [0.2, 0.25) is 0 Å². The Bertz CT molecular complexity index is 449. The van der Waals surface area contributed by atoms with Crippen molar-refractivity contribution in [3.8, 4) is 0 Å². The molecule has 0 bridgehead atoms. The first-order valence-electron chi connectivity index (χ1n) is 5.57. The molecule has 17 heavy (non-hydrogen) atoms. The van der Waals surface area contributed by atoms with Crippen molar-refractivity contribution in [2.75, 3.05) is 0 Å². The molecule has 0 fully saturated rings. The minimum atomic E-state index is 0.305. The quantitative estimate of drug-likeness (QED) is 0.572. The van der Waals surface area contributed by atoms with E-state index in [1.807, 2.05) is 0 Å². The molecule has 1 aliphatic rings. The first-order valence-corrected chi connectivity index (χ1v) is 5.57. The van der Waals surface area contributed by atoms with E-state index in [1.165, 1.54) is 11.1 Å². The lowest BCUT2D eigenvalue weighted by Crippen LogP contribution is -2.10. The number of carbonyl (C=O) groups excluding carboxylic acids is 1. The van der Waals surface area contributed by atoms with Crippen LogP contribution in [0.4, 0.5) is 0 Å². The molecule has 1 aromatic carbocycles. The van der Waals surface area contributed by atoms with Gasteiger partial charge in [-0.1, -0.05) is 62.4 Å². The lowest BCUT2D eigenvalue weighted by atomic mass is 9.80. The average Bonchev–Trinajstić information content (AvgIpc) is 2.30. The Hall–Kier alpha value is -1.92. The van der Waals surface area contributed by atoms with Gasteiger partial charge < -0.3 is 0 Å². The van der Waals surface area contributed by atoms with E-state index in [1.54, 1.807) is 0 Å². The van der Waals surface area contributed by atoms with Crippen LogP contribution >= 0.6 is 0 Å². The molecule has 1 aliphatic carbocycles. The highest BCUT2D eigenvalue weighted by atomic mass is 16.1. The summed E-state index contributed by atoms with van der Waals surface area (Å²) < 4.78 is 0. The van der Waals surface area contributed by atoms with Crippen LogP contribution in [0.25, 0.3) is 5.57 Å². The maximum atomic E-state index is 8.35. The Morgan fingerprint density at radius 3 is 2.35 bits per heavy atom. The van der Waals surface area contributed by atoms with E-state index in [2.05, 4.69) is 62.4 Å². The molecule has 1 N–H and O–H groups in total. The van der Waals surface area contributed by atoms with Gasteiger partial charge >= 0.3 is 0 Å². The van der Waals surface area contributed by atoms with Crippen LogP contribution in [-0.4, -0.2) is 6.08 Å². The second kappa shape index (κ2) is 5.97. The van der Waals surface area contributed by atoms with Gasteiger partial charge in [0.1, 0.15) is 0 Å². The van der Waals surface area contributed by atoms with Crippen LogP contribution in [0.1, 0.15) is 25.8 Å². The Balaban J connectivity index is 0.000000437. The van der Waals surface area contributed by atoms with E-state index in [0.717, 1.165) is 12.5 Å².